The Bertz CT molecular complexity index is 931. The number of aryl methyl sites for hydroxylation is 1. The Morgan fingerprint density at radius 3 is 2.38 bits per heavy atom. The lowest BCUT2D eigenvalue weighted by atomic mass is 10.2. The first kappa shape index (κ1) is 20.7. The summed E-state index contributed by atoms with van der Waals surface area (Å²) in [5.41, 5.74) is 1.00. The minimum absolute atomic E-state index is 0.0225. The quantitative estimate of drug-likeness (QED) is 0.807. The molecule has 1 aliphatic rings. The van der Waals surface area contributed by atoms with Gasteiger partial charge in [-0.1, -0.05) is 18.2 Å². The van der Waals surface area contributed by atoms with Gasteiger partial charge in [-0.3, -0.25) is 19.3 Å². The summed E-state index contributed by atoms with van der Waals surface area (Å²) in [5.74, 6) is -0.392. The highest BCUT2D eigenvalue weighted by atomic mass is 16.2. The summed E-state index contributed by atoms with van der Waals surface area (Å²) in [4.78, 5) is 40.9. The van der Waals surface area contributed by atoms with E-state index >= 15 is 0 Å². The molecular weight excluding hydrogens is 370 g/mol. The van der Waals surface area contributed by atoms with Crippen LogP contribution < -0.4 is 10.7 Å². The number of aromatic nitrogens is 2. The first-order valence-corrected chi connectivity index (χ1v) is 9.82. The normalized spacial score (nSPS) is 14.8. The van der Waals surface area contributed by atoms with E-state index < -0.39 is 0 Å². The fourth-order valence-electron chi connectivity index (χ4n) is 3.36. The molecule has 1 aliphatic heterocycles. The summed E-state index contributed by atoms with van der Waals surface area (Å²) in [5, 5.41) is 7.22. The molecule has 0 radical (unpaired) electrons. The zero-order chi connectivity index (χ0) is 21.0. The molecule has 2 amide bonds. The second-order valence-electron chi connectivity index (χ2n) is 7.54. The molecule has 8 heteroatoms. The van der Waals surface area contributed by atoms with Gasteiger partial charge in [0.2, 0.25) is 11.3 Å². The number of nitrogens with one attached hydrogen (secondary N) is 1. The molecule has 1 fully saturated rings. The van der Waals surface area contributed by atoms with Gasteiger partial charge in [0.15, 0.2) is 5.69 Å². The number of piperazine rings is 1. The Morgan fingerprint density at radius 2 is 1.76 bits per heavy atom. The molecule has 29 heavy (non-hydrogen) atoms. The molecule has 0 aliphatic carbocycles. The number of carbonyl (C=O) groups is 2. The van der Waals surface area contributed by atoms with E-state index in [0.29, 0.717) is 38.4 Å². The van der Waals surface area contributed by atoms with Gasteiger partial charge in [-0.25, -0.2) is 4.68 Å². The fourth-order valence-corrected chi connectivity index (χ4v) is 3.36. The molecular formula is C21H27N5O3. The van der Waals surface area contributed by atoms with Gasteiger partial charge in [-0.2, -0.15) is 5.10 Å². The number of benzene rings is 1. The average molecular weight is 397 g/mol. The molecule has 0 atom stereocenters. The summed E-state index contributed by atoms with van der Waals surface area (Å²) in [6.45, 7) is 8.01. The summed E-state index contributed by atoms with van der Waals surface area (Å²) in [7, 11) is 0. The van der Waals surface area contributed by atoms with Gasteiger partial charge in [-0.15, -0.1) is 0 Å². The second-order valence-corrected chi connectivity index (χ2v) is 7.54. The zero-order valence-corrected chi connectivity index (χ0v) is 17.1. The van der Waals surface area contributed by atoms with Crippen LogP contribution in [-0.4, -0.2) is 70.2 Å². The standard InChI is InChI=1S/C21H27N5O3/c1-15(2)22-19(28)14-24-9-11-25(12-10-24)21(29)20-18(27)13-16(3)26(23-20)17-7-5-4-6-8-17/h4-8,13,15H,9-12,14H2,1-3H3,(H,22,28). The van der Waals surface area contributed by atoms with E-state index in [1.807, 2.05) is 49.1 Å². The molecule has 1 saturated heterocycles. The molecule has 1 aromatic heterocycles. The van der Waals surface area contributed by atoms with Crippen molar-refractivity contribution >= 4 is 11.8 Å². The summed E-state index contributed by atoms with van der Waals surface area (Å²) in [6, 6.07) is 11.0. The number of hydrogen-bond donors (Lipinski definition) is 1. The maximum absolute atomic E-state index is 12.9. The van der Waals surface area contributed by atoms with Crippen molar-refractivity contribution in [2.75, 3.05) is 32.7 Å². The van der Waals surface area contributed by atoms with Gasteiger partial charge in [0.1, 0.15) is 0 Å². The zero-order valence-electron chi connectivity index (χ0n) is 17.1. The third-order valence-corrected chi connectivity index (χ3v) is 4.79. The van der Waals surface area contributed by atoms with Crippen molar-refractivity contribution in [3.05, 3.63) is 58.0 Å². The molecule has 1 N–H and O–H groups in total. The molecule has 0 saturated carbocycles. The van der Waals surface area contributed by atoms with E-state index in [4.69, 9.17) is 0 Å². The largest absolute Gasteiger partial charge is 0.353 e. The molecule has 0 unspecified atom stereocenters. The van der Waals surface area contributed by atoms with Crippen LogP contribution in [0.25, 0.3) is 5.69 Å². The highest BCUT2D eigenvalue weighted by Crippen LogP contribution is 2.10. The van der Waals surface area contributed by atoms with Gasteiger partial charge in [0.05, 0.1) is 12.2 Å². The van der Waals surface area contributed by atoms with Gasteiger partial charge >= 0.3 is 0 Å². The van der Waals surface area contributed by atoms with Crippen molar-refractivity contribution < 1.29 is 9.59 Å². The minimum Gasteiger partial charge on any atom is -0.353 e. The maximum atomic E-state index is 12.9. The highest BCUT2D eigenvalue weighted by molar-refractivity contribution is 5.92. The van der Waals surface area contributed by atoms with E-state index in [1.165, 1.54) is 6.07 Å². The Balaban J connectivity index is 1.70. The lowest BCUT2D eigenvalue weighted by Gasteiger charge is -2.34. The van der Waals surface area contributed by atoms with Gasteiger partial charge in [0.25, 0.3) is 5.91 Å². The number of amides is 2. The fraction of sp³-hybridized carbons (Fsp3) is 0.429. The summed E-state index contributed by atoms with van der Waals surface area (Å²) < 4.78 is 1.61. The Hall–Kier alpha value is -3.00. The van der Waals surface area contributed by atoms with Crippen LogP contribution in [0.3, 0.4) is 0 Å². The predicted octanol–water partition coefficient (Wildman–Crippen LogP) is 0.823. The molecule has 1 aromatic carbocycles. The van der Waals surface area contributed by atoms with Crippen LogP contribution in [0, 0.1) is 6.92 Å². The van der Waals surface area contributed by atoms with Crippen LogP contribution in [0.1, 0.15) is 30.0 Å². The smallest absolute Gasteiger partial charge is 0.278 e. The second kappa shape index (κ2) is 9.00. The average Bonchev–Trinajstić information content (AvgIpc) is 2.68. The first-order chi connectivity index (χ1) is 13.8. The molecule has 0 bridgehead atoms. The third-order valence-electron chi connectivity index (χ3n) is 4.79. The molecule has 2 heterocycles. The monoisotopic (exact) mass is 397 g/mol. The van der Waals surface area contributed by atoms with Gasteiger partial charge < -0.3 is 10.2 Å². The Kier molecular flexibility index (Phi) is 6.43. The lowest BCUT2D eigenvalue weighted by molar-refractivity contribution is -0.123. The minimum atomic E-state index is -0.376. The SMILES string of the molecule is Cc1cc(=O)c(C(=O)N2CCN(CC(=O)NC(C)C)CC2)nn1-c1ccccc1. The van der Waals surface area contributed by atoms with Crippen LogP contribution in [0.5, 0.6) is 0 Å². The van der Waals surface area contributed by atoms with Crippen molar-refractivity contribution in [1.82, 2.24) is 24.9 Å². The summed E-state index contributed by atoms with van der Waals surface area (Å²) in [6.07, 6.45) is 0. The van der Waals surface area contributed by atoms with Crippen molar-refractivity contribution in [3.63, 3.8) is 0 Å². The third kappa shape index (κ3) is 5.08. The predicted molar refractivity (Wildman–Crippen MR) is 110 cm³/mol. The van der Waals surface area contributed by atoms with Crippen molar-refractivity contribution in [2.45, 2.75) is 26.8 Å². The molecule has 8 nitrogen and oxygen atoms in total. The highest BCUT2D eigenvalue weighted by Gasteiger charge is 2.26. The molecule has 2 aromatic rings. The van der Waals surface area contributed by atoms with Gasteiger partial charge in [0, 0.05) is 44.0 Å². The van der Waals surface area contributed by atoms with E-state index in [2.05, 4.69) is 10.4 Å². The Labute approximate surface area is 170 Å². The van der Waals surface area contributed by atoms with Crippen LogP contribution in [0.15, 0.2) is 41.2 Å². The van der Waals surface area contributed by atoms with E-state index in [1.54, 1.807) is 16.5 Å². The number of carbonyl (C=O) groups excluding carboxylic acids is 2. The van der Waals surface area contributed by atoms with Crippen molar-refractivity contribution in [2.24, 2.45) is 0 Å². The van der Waals surface area contributed by atoms with Crippen molar-refractivity contribution in [1.29, 1.82) is 0 Å². The molecule has 0 spiro atoms. The van der Waals surface area contributed by atoms with Gasteiger partial charge in [-0.05, 0) is 32.9 Å². The van der Waals surface area contributed by atoms with E-state index in [0.717, 1.165) is 5.69 Å². The van der Waals surface area contributed by atoms with Crippen LogP contribution in [0.4, 0.5) is 0 Å². The van der Waals surface area contributed by atoms with Crippen LogP contribution in [-0.2, 0) is 4.79 Å². The van der Waals surface area contributed by atoms with E-state index in [-0.39, 0.29) is 29.0 Å². The van der Waals surface area contributed by atoms with Crippen molar-refractivity contribution in [3.8, 4) is 5.69 Å². The van der Waals surface area contributed by atoms with Crippen LogP contribution in [0.2, 0.25) is 0 Å². The Morgan fingerprint density at radius 1 is 1.10 bits per heavy atom. The number of nitrogens with zero attached hydrogens (tertiary/aromatic N) is 4. The summed E-state index contributed by atoms with van der Waals surface area (Å²) >= 11 is 0. The molecule has 3 rings (SSSR count). The van der Waals surface area contributed by atoms with Crippen LogP contribution >= 0.6 is 0 Å². The number of rotatable bonds is 5. The number of para-hydroxylation sites is 1. The number of hydrogen-bond acceptors (Lipinski definition) is 5. The maximum Gasteiger partial charge on any atom is 0.278 e. The van der Waals surface area contributed by atoms with E-state index in [9.17, 15) is 14.4 Å². The molecule has 154 valence electrons. The first-order valence-electron chi connectivity index (χ1n) is 9.82. The topological polar surface area (TPSA) is 87.5 Å². The lowest BCUT2D eigenvalue weighted by Crippen LogP contribution is -2.52.